The highest BCUT2D eigenvalue weighted by Crippen LogP contribution is 2.27. The minimum Gasteiger partial charge on any atom is -0.339 e. The molecule has 7 heteroatoms. The monoisotopic (exact) mass is 370 g/mol. The molecule has 0 aliphatic carbocycles. The number of amides is 1. The van der Waals surface area contributed by atoms with Gasteiger partial charge in [0.05, 0.1) is 5.56 Å². The second-order valence-electron chi connectivity index (χ2n) is 6.95. The average molecular weight is 371 g/mol. The zero-order valence-electron chi connectivity index (χ0n) is 14.2. The number of nitrogens with zero attached hydrogens (tertiary/aromatic N) is 2. The number of hydrogen-bond acceptors (Lipinski definition) is 4. The van der Waals surface area contributed by atoms with Crippen molar-refractivity contribution in [3.05, 3.63) is 17.0 Å². The van der Waals surface area contributed by atoms with Gasteiger partial charge in [-0.15, -0.1) is 11.3 Å². The molecule has 0 radical (unpaired) electrons. The summed E-state index contributed by atoms with van der Waals surface area (Å²) in [4.78, 5) is 14.5. The van der Waals surface area contributed by atoms with Gasteiger partial charge in [0.15, 0.2) is 0 Å². The molecule has 1 amide bonds. The lowest BCUT2D eigenvalue weighted by atomic mass is 9.99. The third-order valence-electron chi connectivity index (χ3n) is 5.05. The van der Waals surface area contributed by atoms with E-state index in [0.717, 1.165) is 51.6 Å². The lowest BCUT2D eigenvalue weighted by Crippen LogP contribution is -2.37. The number of carbonyl (C=O) groups excluding carboxylic acids is 1. The Hall–Kier alpha value is -0.920. The van der Waals surface area contributed by atoms with Crippen LogP contribution in [0.5, 0.6) is 0 Å². The fourth-order valence-corrected chi connectivity index (χ4v) is 6.19. The highest BCUT2D eigenvalue weighted by Gasteiger charge is 2.29. The van der Waals surface area contributed by atoms with Crippen LogP contribution in [-0.4, -0.2) is 49.7 Å². The fraction of sp³-hybridized carbons (Fsp3) is 0.706. The van der Waals surface area contributed by atoms with Crippen LogP contribution in [0.4, 0.5) is 0 Å². The Morgan fingerprint density at radius 2 is 1.71 bits per heavy atom. The third-order valence-corrected chi connectivity index (χ3v) is 8.37. The molecule has 5 nitrogen and oxygen atoms in total. The lowest BCUT2D eigenvalue weighted by Gasteiger charge is -2.30. The first-order valence-corrected chi connectivity index (χ1v) is 11.2. The quantitative estimate of drug-likeness (QED) is 0.821. The van der Waals surface area contributed by atoms with Crippen molar-refractivity contribution in [3.63, 3.8) is 0 Å². The molecule has 1 aromatic heterocycles. The predicted molar refractivity (Wildman–Crippen MR) is 95.8 cm³/mol. The molecule has 2 saturated heterocycles. The zero-order valence-corrected chi connectivity index (χ0v) is 15.9. The first-order chi connectivity index (χ1) is 11.5. The van der Waals surface area contributed by atoms with E-state index >= 15 is 0 Å². The van der Waals surface area contributed by atoms with E-state index in [9.17, 15) is 13.2 Å². The molecule has 24 heavy (non-hydrogen) atoms. The van der Waals surface area contributed by atoms with E-state index in [1.807, 2.05) is 4.90 Å². The maximum atomic E-state index is 12.8. The molecule has 1 aromatic rings. The highest BCUT2D eigenvalue weighted by atomic mass is 32.2. The van der Waals surface area contributed by atoms with E-state index in [2.05, 4.69) is 6.92 Å². The molecule has 0 bridgehead atoms. The van der Waals surface area contributed by atoms with Crippen LogP contribution in [0.25, 0.3) is 0 Å². The van der Waals surface area contributed by atoms with Gasteiger partial charge >= 0.3 is 0 Å². The predicted octanol–water partition coefficient (Wildman–Crippen LogP) is 3.18. The summed E-state index contributed by atoms with van der Waals surface area (Å²) in [5.74, 6) is 0.631. The maximum absolute atomic E-state index is 12.8. The topological polar surface area (TPSA) is 57.7 Å². The van der Waals surface area contributed by atoms with Gasteiger partial charge in [-0.05, 0) is 37.7 Å². The van der Waals surface area contributed by atoms with Crippen LogP contribution in [-0.2, 0) is 10.0 Å². The van der Waals surface area contributed by atoms with E-state index in [1.54, 1.807) is 15.8 Å². The molecule has 2 aliphatic rings. The number of piperidine rings is 1. The molecule has 0 saturated carbocycles. The van der Waals surface area contributed by atoms with Gasteiger partial charge < -0.3 is 4.90 Å². The molecule has 134 valence electrons. The Morgan fingerprint density at radius 3 is 2.33 bits per heavy atom. The van der Waals surface area contributed by atoms with Crippen LogP contribution in [0.2, 0.25) is 0 Å². The number of likely N-dealkylation sites (tertiary alicyclic amines) is 1. The second kappa shape index (κ2) is 7.54. The Bertz CT molecular complexity index is 668. The second-order valence-corrected chi connectivity index (χ2v) is 10.0. The number of sulfonamides is 1. The van der Waals surface area contributed by atoms with Crippen LogP contribution in [0.3, 0.4) is 0 Å². The fourth-order valence-electron chi connectivity index (χ4n) is 3.37. The molecule has 0 atom stereocenters. The van der Waals surface area contributed by atoms with E-state index in [-0.39, 0.29) is 5.91 Å². The van der Waals surface area contributed by atoms with Gasteiger partial charge in [-0.3, -0.25) is 4.79 Å². The maximum Gasteiger partial charge on any atom is 0.254 e. The van der Waals surface area contributed by atoms with Gasteiger partial charge in [-0.1, -0.05) is 19.8 Å². The summed E-state index contributed by atoms with van der Waals surface area (Å²) in [6.45, 7) is 4.92. The van der Waals surface area contributed by atoms with E-state index in [4.69, 9.17) is 0 Å². The molecular weight excluding hydrogens is 344 g/mol. The SMILES string of the molecule is CC1CCN(C(=O)c2csc(S(=O)(=O)N3CCCCCC3)c2)CC1. The van der Waals surface area contributed by atoms with Crippen LogP contribution in [0, 0.1) is 5.92 Å². The van der Waals surface area contributed by atoms with Crippen LogP contribution >= 0.6 is 11.3 Å². The lowest BCUT2D eigenvalue weighted by molar-refractivity contribution is 0.0697. The standard InChI is InChI=1S/C17H26N2O3S2/c1-14-6-10-18(11-7-14)17(20)15-12-16(23-13-15)24(21,22)19-8-4-2-3-5-9-19/h12-14H,2-11H2,1H3. The largest absolute Gasteiger partial charge is 0.339 e. The number of carbonyl (C=O) groups is 1. The smallest absolute Gasteiger partial charge is 0.254 e. The molecule has 3 heterocycles. The molecule has 0 spiro atoms. The Labute approximate surface area is 148 Å². The van der Waals surface area contributed by atoms with Crippen molar-refractivity contribution >= 4 is 27.3 Å². The van der Waals surface area contributed by atoms with Gasteiger partial charge in [-0.2, -0.15) is 4.31 Å². The van der Waals surface area contributed by atoms with Gasteiger partial charge in [0.2, 0.25) is 0 Å². The molecule has 0 aromatic carbocycles. The van der Waals surface area contributed by atoms with Crippen molar-refractivity contribution in [2.45, 2.75) is 49.7 Å². The third kappa shape index (κ3) is 3.83. The first kappa shape index (κ1) is 17.9. The van der Waals surface area contributed by atoms with Gasteiger partial charge in [-0.25, -0.2) is 8.42 Å². The number of hydrogen-bond donors (Lipinski definition) is 0. The Balaban J connectivity index is 1.73. The molecule has 2 aliphatic heterocycles. The normalized spacial score (nSPS) is 21.6. The number of rotatable bonds is 3. The highest BCUT2D eigenvalue weighted by molar-refractivity contribution is 7.91. The van der Waals surface area contributed by atoms with Crippen LogP contribution in [0.1, 0.15) is 55.8 Å². The van der Waals surface area contributed by atoms with Crippen molar-refractivity contribution in [2.75, 3.05) is 26.2 Å². The summed E-state index contributed by atoms with van der Waals surface area (Å²) in [7, 11) is -3.46. The van der Waals surface area contributed by atoms with Crippen molar-refractivity contribution in [3.8, 4) is 0 Å². The van der Waals surface area contributed by atoms with Crippen molar-refractivity contribution < 1.29 is 13.2 Å². The van der Waals surface area contributed by atoms with Crippen molar-refractivity contribution in [1.82, 2.24) is 9.21 Å². The van der Waals surface area contributed by atoms with Crippen molar-refractivity contribution in [2.24, 2.45) is 5.92 Å². The molecule has 2 fully saturated rings. The van der Waals surface area contributed by atoms with Gasteiger partial charge in [0.25, 0.3) is 15.9 Å². The molecule has 0 unspecified atom stereocenters. The van der Waals surface area contributed by atoms with E-state index in [1.165, 1.54) is 11.3 Å². The summed E-state index contributed by atoms with van der Waals surface area (Å²) < 4.78 is 27.5. The van der Waals surface area contributed by atoms with Crippen LogP contribution in [0.15, 0.2) is 15.7 Å². The summed E-state index contributed by atoms with van der Waals surface area (Å²) in [5.41, 5.74) is 0.517. The minimum absolute atomic E-state index is 0.0320. The average Bonchev–Trinajstić information content (AvgIpc) is 2.91. The van der Waals surface area contributed by atoms with Crippen molar-refractivity contribution in [1.29, 1.82) is 0 Å². The Morgan fingerprint density at radius 1 is 1.08 bits per heavy atom. The minimum atomic E-state index is -3.46. The Kier molecular flexibility index (Phi) is 5.62. The first-order valence-electron chi connectivity index (χ1n) is 8.86. The van der Waals surface area contributed by atoms with Gasteiger partial charge in [0, 0.05) is 31.6 Å². The summed E-state index contributed by atoms with van der Waals surface area (Å²) in [5, 5.41) is 1.70. The summed E-state index contributed by atoms with van der Waals surface area (Å²) >= 11 is 1.17. The summed E-state index contributed by atoms with van der Waals surface area (Å²) in [6.07, 6.45) is 6.06. The summed E-state index contributed by atoms with van der Waals surface area (Å²) in [6, 6.07) is 1.57. The van der Waals surface area contributed by atoms with E-state index < -0.39 is 10.0 Å². The molecule has 3 rings (SSSR count). The number of thiophene rings is 1. The zero-order chi connectivity index (χ0) is 17.2. The van der Waals surface area contributed by atoms with E-state index in [0.29, 0.717) is 28.8 Å². The molecule has 0 N–H and O–H groups in total. The molecular formula is C17H26N2O3S2. The van der Waals surface area contributed by atoms with Gasteiger partial charge in [0.1, 0.15) is 4.21 Å². The van der Waals surface area contributed by atoms with Crippen LogP contribution < -0.4 is 0 Å².